The van der Waals surface area contributed by atoms with Crippen LogP contribution in [0.5, 0.6) is 0 Å². The zero-order valence-corrected chi connectivity index (χ0v) is 7.38. The van der Waals surface area contributed by atoms with Crippen molar-refractivity contribution in [3.8, 4) is 0 Å². The monoisotopic (exact) mass is 165 g/mol. The van der Waals surface area contributed by atoms with E-state index in [0.29, 0.717) is 0 Å². The molecule has 66 valence electrons. The normalized spacial score (nSPS) is 11.1. The predicted octanol–water partition coefficient (Wildman–Crippen LogP) is 1.47. The second-order valence-electron chi connectivity index (χ2n) is 2.62. The maximum atomic E-state index is 3.85. The Balaban J connectivity index is 2.07. The Morgan fingerprint density at radius 3 is 3.17 bits per heavy atom. The third-order valence-electron chi connectivity index (χ3n) is 1.55. The van der Waals surface area contributed by atoms with Crippen molar-refractivity contribution in [2.45, 2.75) is 19.9 Å². The van der Waals surface area contributed by atoms with Crippen molar-refractivity contribution in [3.05, 3.63) is 30.1 Å². The van der Waals surface area contributed by atoms with Crippen LogP contribution in [0.15, 0.2) is 24.5 Å². The van der Waals surface area contributed by atoms with E-state index in [-0.39, 0.29) is 0 Å². The van der Waals surface area contributed by atoms with Crippen LogP contribution in [0.3, 0.4) is 0 Å². The van der Waals surface area contributed by atoms with Gasteiger partial charge in [-0.1, -0.05) is 19.1 Å². The maximum absolute atomic E-state index is 3.85. The highest BCUT2D eigenvalue weighted by Gasteiger charge is 1.89. The minimum Gasteiger partial charge on any atom is -0.309 e. The van der Waals surface area contributed by atoms with Gasteiger partial charge in [-0.3, -0.25) is 5.10 Å². The molecule has 0 aliphatic carbocycles. The molecular formula is C9H15N3. The molecule has 1 aromatic rings. The van der Waals surface area contributed by atoms with Crippen molar-refractivity contribution in [1.29, 1.82) is 0 Å². The lowest BCUT2D eigenvalue weighted by atomic mass is 10.3. The van der Waals surface area contributed by atoms with E-state index in [0.717, 1.165) is 19.5 Å². The number of rotatable bonds is 5. The Labute approximate surface area is 72.9 Å². The minimum atomic E-state index is 0.880. The summed E-state index contributed by atoms with van der Waals surface area (Å²) in [7, 11) is 0. The molecule has 0 aliphatic heterocycles. The number of hydrogen-bond donors (Lipinski definition) is 2. The first kappa shape index (κ1) is 9.00. The fourth-order valence-corrected chi connectivity index (χ4v) is 0.924. The average molecular weight is 165 g/mol. The summed E-state index contributed by atoms with van der Waals surface area (Å²) >= 11 is 0. The number of aromatic amines is 1. The van der Waals surface area contributed by atoms with Crippen LogP contribution in [-0.4, -0.2) is 16.7 Å². The summed E-state index contributed by atoms with van der Waals surface area (Å²) in [6.45, 7) is 3.94. The second kappa shape index (κ2) is 5.55. The Kier molecular flexibility index (Phi) is 4.16. The van der Waals surface area contributed by atoms with Crippen LogP contribution in [0, 0.1) is 0 Å². The van der Waals surface area contributed by atoms with Crippen LogP contribution in [0.1, 0.15) is 18.9 Å². The molecule has 0 fully saturated rings. The lowest BCUT2D eigenvalue weighted by molar-refractivity contribution is 0.759. The standard InChI is InChI=1S/C9H15N3/c1-2-3-4-5-10-6-9-7-11-12-8-9/h3-4,7-8,10H,2,5-6H2,1H3,(H,11,12)/b4-3+. The van der Waals surface area contributed by atoms with Crippen LogP contribution in [0.25, 0.3) is 0 Å². The summed E-state index contributed by atoms with van der Waals surface area (Å²) < 4.78 is 0. The summed E-state index contributed by atoms with van der Waals surface area (Å²) in [6, 6.07) is 0. The molecule has 0 amide bonds. The van der Waals surface area contributed by atoms with Gasteiger partial charge in [-0.25, -0.2) is 0 Å². The first-order chi connectivity index (χ1) is 5.93. The highest BCUT2D eigenvalue weighted by Crippen LogP contribution is 1.91. The van der Waals surface area contributed by atoms with Crippen LogP contribution < -0.4 is 5.32 Å². The zero-order chi connectivity index (χ0) is 8.65. The van der Waals surface area contributed by atoms with E-state index in [2.05, 4.69) is 34.6 Å². The zero-order valence-electron chi connectivity index (χ0n) is 7.38. The lowest BCUT2D eigenvalue weighted by Crippen LogP contribution is -2.12. The molecular weight excluding hydrogens is 150 g/mol. The number of hydrogen-bond acceptors (Lipinski definition) is 2. The second-order valence-corrected chi connectivity index (χ2v) is 2.62. The molecule has 0 radical (unpaired) electrons. The van der Waals surface area contributed by atoms with E-state index in [9.17, 15) is 0 Å². The molecule has 0 bridgehead atoms. The van der Waals surface area contributed by atoms with Crippen LogP contribution in [0.2, 0.25) is 0 Å². The third kappa shape index (κ3) is 3.34. The van der Waals surface area contributed by atoms with Gasteiger partial charge >= 0.3 is 0 Å². The van der Waals surface area contributed by atoms with E-state index in [1.54, 1.807) is 0 Å². The van der Waals surface area contributed by atoms with Gasteiger partial charge in [0.1, 0.15) is 0 Å². The SMILES string of the molecule is CC/C=C/CNCc1cn[nH]c1. The van der Waals surface area contributed by atoms with Gasteiger partial charge in [0, 0.05) is 24.8 Å². The predicted molar refractivity (Wildman–Crippen MR) is 49.7 cm³/mol. The third-order valence-corrected chi connectivity index (χ3v) is 1.55. The Morgan fingerprint density at radius 2 is 2.50 bits per heavy atom. The van der Waals surface area contributed by atoms with E-state index in [4.69, 9.17) is 0 Å². The van der Waals surface area contributed by atoms with Crippen LogP contribution >= 0.6 is 0 Å². The van der Waals surface area contributed by atoms with E-state index in [1.165, 1.54) is 5.56 Å². The Morgan fingerprint density at radius 1 is 1.58 bits per heavy atom. The molecule has 0 atom stereocenters. The molecule has 0 aliphatic rings. The van der Waals surface area contributed by atoms with Gasteiger partial charge in [0.05, 0.1) is 6.20 Å². The summed E-state index contributed by atoms with van der Waals surface area (Å²) in [4.78, 5) is 0. The molecule has 12 heavy (non-hydrogen) atoms. The Hall–Kier alpha value is -1.09. The van der Waals surface area contributed by atoms with Gasteiger partial charge < -0.3 is 5.32 Å². The number of nitrogens with zero attached hydrogens (tertiary/aromatic N) is 1. The quantitative estimate of drug-likeness (QED) is 0.512. The molecule has 3 nitrogen and oxygen atoms in total. The lowest BCUT2D eigenvalue weighted by Gasteiger charge is -1.96. The van der Waals surface area contributed by atoms with E-state index >= 15 is 0 Å². The fourth-order valence-electron chi connectivity index (χ4n) is 0.924. The van der Waals surface area contributed by atoms with Gasteiger partial charge in [0.2, 0.25) is 0 Å². The first-order valence-corrected chi connectivity index (χ1v) is 4.27. The molecule has 3 heteroatoms. The summed E-state index contributed by atoms with van der Waals surface area (Å²) in [6.07, 6.45) is 9.13. The maximum Gasteiger partial charge on any atom is 0.0532 e. The molecule has 0 saturated carbocycles. The van der Waals surface area contributed by atoms with Crippen molar-refractivity contribution in [3.63, 3.8) is 0 Å². The van der Waals surface area contributed by atoms with Gasteiger partial charge in [0.15, 0.2) is 0 Å². The molecule has 1 aromatic heterocycles. The summed E-state index contributed by atoms with van der Waals surface area (Å²) in [5.41, 5.74) is 1.19. The van der Waals surface area contributed by atoms with Crippen molar-refractivity contribution in [2.75, 3.05) is 6.54 Å². The van der Waals surface area contributed by atoms with E-state index in [1.807, 2.05) is 12.4 Å². The molecule has 0 spiro atoms. The first-order valence-electron chi connectivity index (χ1n) is 4.27. The topological polar surface area (TPSA) is 40.7 Å². The fraction of sp³-hybridized carbons (Fsp3) is 0.444. The minimum absolute atomic E-state index is 0.880. The van der Waals surface area contributed by atoms with Crippen molar-refractivity contribution in [2.24, 2.45) is 0 Å². The van der Waals surface area contributed by atoms with Gasteiger partial charge in [0.25, 0.3) is 0 Å². The number of nitrogens with one attached hydrogen (secondary N) is 2. The molecule has 1 rings (SSSR count). The van der Waals surface area contributed by atoms with E-state index < -0.39 is 0 Å². The molecule has 0 unspecified atom stereocenters. The highest BCUT2D eigenvalue weighted by atomic mass is 15.1. The number of allylic oxidation sites excluding steroid dienone is 1. The van der Waals surface area contributed by atoms with Crippen molar-refractivity contribution >= 4 is 0 Å². The highest BCUT2D eigenvalue weighted by molar-refractivity contribution is 5.01. The molecule has 0 aromatic carbocycles. The Bertz CT molecular complexity index is 214. The summed E-state index contributed by atoms with van der Waals surface area (Å²) in [5.74, 6) is 0. The number of aromatic nitrogens is 2. The van der Waals surface area contributed by atoms with Crippen molar-refractivity contribution in [1.82, 2.24) is 15.5 Å². The van der Waals surface area contributed by atoms with Crippen LogP contribution in [-0.2, 0) is 6.54 Å². The molecule has 2 N–H and O–H groups in total. The summed E-state index contributed by atoms with van der Waals surface area (Å²) in [5, 5.41) is 9.90. The molecule has 1 heterocycles. The van der Waals surface area contributed by atoms with Gasteiger partial charge in [-0.15, -0.1) is 0 Å². The van der Waals surface area contributed by atoms with Crippen molar-refractivity contribution < 1.29 is 0 Å². The van der Waals surface area contributed by atoms with Gasteiger partial charge in [-0.2, -0.15) is 5.10 Å². The smallest absolute Gasteiger partial charge is 0.0532 e. The number of H-pyrrole nitrogens is 1. The largest absolute Gasteiger partial charge is 0.309 e. The van der Waals surface area contributed by atoms with Gasteiger partial charge in [-0.05, 0) is 6.42 Å². The molecule has 0 saturated heterocycles. The van der Waals surface area contributed by atoms with Crippen LogP contribution in [0.4, 0.5) is 0 Å². The average Bonchev–Trinajstić information content (AvgIpc) is 2.57.